The van der Waals surface area contributed by atoms with Gasteiger partial charge in [-0.3, -0.25) is 4.79 Å². The standard InChI is InChI=1S/C13H24N2O/c1-3-13(6-7-13)10-14-12-4-8-15(9-5-12)11(2)16/h12,14H,3-10H2,1-2H3. The molecular weight excluding hydrogens is 200 g/mol. The minimum absolute atomic E-state index is 0.227. The van der Waals surface area contributed by atoms with Gasteiger partial charge in [0, 0.05) is 32.6 Å². The molecule has 0 aromatic heterocycles. The van der Waals surface area contributed by atoms with Crippen LogP contribution in [0.3, 0.4) is 0 Å². The van der Waals surface area contributed by atoms with Crippen molar-refractivity contribution in [2.45, 2.75) is 52.0 Å². The lowest BCUT2D eigenvalue weighted by molar-refractivity contribution is -0.129. The third kappa shape index (κ3) is 2.76. The molecule has 0 bridgehead atoms. The Bertz CT molecular complexity index is 253. The summed E-state index contributed by atoms with van der Waals surface area (Å²) in [5.41, 5.74) is 0.637. The van der Waals surface area contributed by atoms with Gasteiger partial charge in [-0.15, -0.1) is 0 Å². The number of carbonyl (C=O) groups is 1. The maximum absolute atomic E-state index is 11.2. The summed E-state index contributed by atoms with van der Waals surface area (Å²) in [6.07, 6.45) is 6.37. The highest BCUT2D eigenvalue weighted by Crippen LogP contribution is 2.48. The van der Waals surface area contributed by atoms with Crippen LogP contribution in [0.4, 0.5) is 0 Å². The number of rotatable bonds is 4. The van der Waals surface area contributed by atoms with E-state index in [9.17, 15) is 4.79 Å². The molecule has 92 valence electrons. The average Bonchev–Trinajstić information content (AvgIpc) is 3.08. The summed E-state index contributed by atoms with van der Waals surface area (Å²) in [6.45, 7) is 7.03. The highest BCUT2D eigenvalue weighted by atomic mass is 16.2. The molecule has 0 radical (unpaired) electrons. The summed E-state index contributed by atoms with van der Waals surface area (Å²) < 4.78 is 0. The van der Waals surface area contributed by atoms with Crippen molar-refractivity contribution in [3.8, 4) is 0 Å². The molecule has 1 saturated heterocycles. The van der Waals surface area contributed by atoms with Gasteiger partial charge in [0.1, 0.15) is 0 Å². The molecule has 1 heterocycles. The van der Waals surface area contributed by atoms with Crippen LogP contribution in [0.2, 0.25) is 0 Å². The third-order valence-electron chi connectivity index (χ3n) is 4.41. The quantitative estimate of drug-likeness (QED) is 0.789. The van der Waals surface area contributed by atoms with E-state index in [4.69, 9.17) is 0 Å². The molecule has 16 heavy (non-hydrogen) atoms. The number of hydrogen-bond acceptors (Lipinski definition) is 2. The van der Waals surface area contributed by atoms with Crippen LogP contribution in [0, 0.1) is 5.41 Å². The molecule has 3 nitrogen and oxygen atoms in total. The van der Waals surface area contributed by atoms with Crippen molar-refractivity contribution in [2.24, 2.45) is 5.41 Å². The molecule has 2 fully saturated rings. The third-order valence-corrected chi connectivity index (χ3v) is 4.41. The molecule has 0 aromatic carbocycles. The molecule has 1 saturated carbocycles. The van der Waals surface area contributed by atoms with Crippen LogP contribution in [0.15, 0.2) is 0 Å². The van der Waals surface area contributed by atoms with Gasteiger partial charge in [-0.1, -0.05) is 6.92 Å². The molecule has 1 aliphatic heterocycles. The summed E-state index contributed by atoms with van der Waals surface area (Å²) in [7, 11) is 0. The number of carbonyl (C=O) groups excluding carboxylic acids is 1. The van der Waals surface area contributed by atoms with Gasteiger partial charge in [-0.25, -0.2) is 0 Å². The van der Waals surface area contributed by atoms with Crippen LogP contribution in [-0.4, -0.2) is 36.5 Å². The molecule has 3 heteroatoms. The first-order valence-electron chi connectivity index (χ1n) is 6.64. The zero-order valence-electron chi connectivity index (χ0n) is 10.6. The molecule has 1 aliphatic carbocycles. The van der Waals surface area contributed by atoms with E-state index in [1.807, 2.05) is 4.90 Å². The smallest absolute Gasteiger partial charge is 0.219 e. The predicted molar refractivity (Wildman–Crippen MR) is 65.2 cm³/mol. The fraction of sp³-hybridized carbons (Fsp3) is 0.923. The SMILES string of the molecule is CCC1(CNC2CCN(C(C)=O)CC2)CC1. The van der Waals surface area contributed by atoms with Crippen LogP contribution in [-0.2, 0) is 4.79 Å². The lowest BCUT2D eigenvalue weighted by Crippen LogP contribution is -2.45. The van der Waals surface area contributed by atoms with Gasteiger partial charge in [0.2, 0.25) is 5.91 Å². The van der Waals surface area contributed by atoms with E-state index in [0.29, 0.717) is 11.5 Å². The van der Waals surface area contributed by atoms with Gasteiger partial charge in [0.25, 0.3) is 0 Å². The van der Waals surface area contributed by atoms with Gasteiger partial charge < -0.3 is 10.2 Å². The van der Waals surface area contributed by atoms with Gasteiger partial charge in [0.15, 0.2) is 0 Å². The lowest BCUT2D eigenvalue weighted by Gasteiger charge is -2.32. The normalized spacial score (nSPS) is 24.5. The summed E-state index contributed by atoms with van der Waals surface area (Å²) in [5, 5.41) is 3.70. The number of amides is 1. The van der Waals surface area contributed by atoms with Gasteiger partial charge in [-0.2, -0.15) is 0 Å². The highest BCUT2D eigenvalue weighted by Gasteiger charge is 2.40. The van der Waals surface area contributed by atoms with Crippen molar-refractivity contribution in [3.05, 3.63) is 0 Å². The van der Waals surface area contributed by atoms with Crippen molar-refractivity contribution in [3.63, 3.8) is 0 Å². The maximum Gasteiger partial charge on any atom is 0.219 e. The van der Waals surface area contributed by atoms with Crippen LogP contribution in [0.1, 0.15) is 46.0 Å². The van der Waals surface area contributed by atoms with Crippen LogP contribution in [0.25, 0.3) is 0 Å². The number of piperidine rings is 1. The fourth-order valence-electron chi connectivity index (χ4n) is 2.59. The zero-order chi connectivity index (χ0) is 11.6. The molecule has 2 rings (SSSR count). The first kappa shape index (κ1) is 11.9. The van der Waals surface area contributed by atoms with Gasteiger partial charge in [-0.05, 0) is 37.5 Å². The first-order chi connectivity index (χ1) is 7.65. The second-order valence-corrected chi connectivity index (χ2v) is 5.51. The number of nitrogens with zero attached hydrogens (tertiary/aromatic N) is 1. The summed E-state index contributed by atoms with van der Waals surface area (Å²) in [5.74, 6) is 0.227. The molecule has 2 aliphatic rings. The van der Waals surface area contributed by atoms with Gasteiger partial charge in [0.05, 0.1) is 0 Å². The van der Waals surface area contributed by atoms with Crippen LogP contribution in [0.5, 0.6) is 0 Å². The zero-order valence-corrected chi connectivity index (χ0v) is 10.6. The van der Waals surface area contributed by atoms with Crippen LogP contribution < -0.4 is 5.32 Å². The fourth-order valence-corrected chi connectivity index (χ4v) is 2.59. The van der Waals surface area contributed by atoms with E-state index in [2.05, 4.69) is 12.2 Å². The monoisotopic (exact) mass is 224 g/mol. The Balaban J connectivity index is 1.67. The molecule has 0 aromatic rings. The van der Waals surface area contributed by atoms with E-state index in [1.165, 1.54) is 25.8 Å². The maximum atomic E-state index is 11.2. The Labute approximate surface area is 98.6 Å². The van der Waals surface area contributed by atoms with E-state index < -0.39 is 0 Å². The van der Waals surface area contributed by atoms with Crippen LogP contribution >= 0.6 is 0 Å². The number of nitrogens with one attached hydrogen (secondary N) is 1. The average molecular weight is 224 g/mol. The molecule has 0 atom stereocenters. The number of hydrogen-bond donors (Lipinski definition) is 1. The number of likely N-dealkylation sites (tertiary alicyclic amines) is 1. The Morgan fingerprint density at radius 1 is 1.38 bits per heavy atom. The van der Waals surface area contributed by atoms with Gasteiger partial charge >= 0.3 is 0 Å². The molecule has 0 unspecified atom stereocenters. The second-order valence-electron chi connectivity index (χ2n) is 5.51. The summed E-state index contributed by atoms with van der Waals surface area (Å²) >= 11 is 0. The van der Waals surface area contributed by atoms with E-state index >= 15 is 0 Å². The Morgan fingerprint density at radius 3 is 2.44 bits per heavy atom. The highest BCUT2D eigenvalue weighted by molar-refractivity contribution is 5.73. The van der Waals surface area contributed by atoms with E-state index in [-0.39, 0.29) is 5.91 Å². The molecular formula is C13H24N2O. The minimum Gasteiger partial charge on any atom is -0.343 e. The van der Waals surface area contributed by atoms with Crippen molar-refractivity contribution in [1.29, 1.82) is 0 Å². The summed E-state index contributed by atoms with van der Waals surface area (Å²) in [4.78, 5) is 13.1. The summed E-state index contributed by atoms with van der Waals surface area (Å²) in [6, 6.07) is 0.639. The Morgan fingerprint density at radius 2 is 2.00 bits per heavy atom. The lowest BCUT2D eigenvalue weighted by atomic mass is 10.0. The van der Waals surface area contributed by atoms with Crippen molar-refractivity contribution < 1.29 is 4.79 Å². The molecule has 1 amide bonds. The predicted octanol–water partition coefficient (Wildman–Crippen LogP) is 1.78. The van der Waals surface area contributed by atoms with Crippen molar-refractivity contribution in [2.75, 3.05) is 19.6 Å². The largest absolute Gasteiger partial charge is 0.343 e. The van der Waals surface area contributed by atoms with Crippen molar-refractivity contribution in [1.82, 2.24) is 10.2 Å². The topological polar surface area (TPSA) is 32.3 Å². The Hall–Kier alpha value is -0.570. The molecule has 1 N–H and O–H groups in total. The second kappa shape index (κ2) is 4.74. The van der Waals surface area contributed by atoms with Crippen molar-refractivity contribution >= 4 is 5.91 Å². The Kier molecular flexibility index (Phi) is 3.53. The minimum atomic E-state index is 0.227. The van der Waals surface area contributed by atoms with E-state index in [1.54, 1.807) is 6.92 Å². The molecule has 0 spiro atoms. The first-order valence-corrected chi connectivity index (χ1v) is 6.64. The van der Waals surface area contributed by atoms with E-state index in [0.717, 1.165) is 25.9 Å².